The van der Waals surface area contributed by atoms with Crippen molar-refractivity contribution in [1.29, 1.82) is 0 Å². The summed E-state index contributed by atoms with van der Waals surface area (Å²) in [5.74, 6) is -0.242. The number of aryl methyl sites for hydroxylation is 2. The topological polar surface area (TPSA) is 75.4 Å². The van der Waals surface area contributed by atoms with Crippen LogP contribution in [0.15, 0.2) is 28.8 Å². The third kappa shape index (κ3) is 3.29. The largest absolute Gasteiger partial charge is 0.361 e. The minimum Gasteiger partial charge on any atom is -0.361 e. The molecule has 0 bridgehead atoms. The van der Waals surface area contributed by atoms with Crippen molar-refractivity contribution in [1.82, 2.24) is 15.4 Å². The number of halogens is 1. The third-order valence-electron chi connectivity index (χ3n) is 4.07. The lowest BCUT2D eigenvalue weighted by Gasteiger charge is -2.17. The van der Waals surface area contributed by atoms with Crippen LogP contribution in [-0.2, 0) is 11.3 Å². The molecule has 1 atom stereocenters. The summed E-state index contributed by atoms with van der Waals surface area (Å²) in [5, 5.41) is 6.60. The van der Waals surface area contributed by atoms with Crippen molar-refractivity contribution in [2.24, 2.45) is 0 Å². The molecule has 2 aromatic rings. The number of nitrogens with one attached hydrogen (secondary N) is 1. The average Bonchev–Trinajstić information content (AvgIpc) is 3.02. The first-order chi connectivity index (χ1) is 11.4. The smallest absolute Gasteiger partial charge is 0.257 e. The van der Waals surface area contributed by atoms with Gasteiger partial charge in [0.1, 0.15) is 17.1 Å². The summed E-state index contributed by atoms with van der Waals surface area (Å²) in [7, 11) is 0. The van der Waals surface area contributed by atoms with E-state index < -0.39 is 0 Å². The lowest BCUT2D eigenvalue weighted by Crippen LogP contribution is -2.37. The van der Waals surface area contributed by atoms with Gasteiger partial charge in [-0.1, -0.05) is 17.3 Å². The number of hydrogen-bond acceptors (Lipinski definition) is 4. The zero-order chi connectivity index (χ0) is 17.3. The number of rotatable bonds is 4. The molecule has 1 aliphatic rings. The fourth-order valence-corrected chi connectivity index (χ4v) is 2.94. The second-order valence-corrected chi connectivity index (χ2v) is 5.98. The minimum atomic E-state index is -0.331. The quantitative estimate of drug-likeness (QED) is 0.929. The second kappa shape index (κ2) is 6.43. The molecular weight excluding hydrogens is 313 g/mol. The monoisotopic (exact) mass is 331 g/mol. The molecule has 1 N–H and O–H groups in total. The van der Waals surface area contributed by atoms with E-state index in [1.807, 2.05) is 0 Å². The molecule has 7 heteroatoms. The van der Waals surface area contributed by atoms with Crippen molar-refractivity contribution in [3.63, 3.8) is 0 Å². The molecule has 24 heavy (non-hydrogen) atoms. The maximum atomic E-state index is 13.2. The Hall–Kier alpha value is -2.70. The van der Waals surface area contributed by atoms with Crippen molar-refractivity contribution < 1.29 is 18.5 Å². The Kier molecular flexibility index (Phi) is 4.33. The second-order valence-electron chi connectivity index (χ2n) is 5.98. The molecular formula is C17H18FN3O3. The summed E-state index contributed by atoms with van der Waals surface area (Å²) in [6, 6.07) is 5.87. The molecule has 1 fully saturated rings. The summed E-state index contributed by atoms with van der Waals surface area (Å²) in [6.07, 6.45) is 0.227. The first kappa shape index (κ1) is 16.2. The highest BCUT2D eigenvalue weighted by Crippen LogP contribution is 2.18. The van der Waals surface area contributed by atoms with Crippen molar-refractivity contribution in [2.75, 3.05) is 6.54 Å². The van der Waals surface area contributed by atoms with E-state index in [0.717, 1.165) is 5.56 Å². The molecule has 2 heterocycles. The van der Waals surface area contributed by atoms with Crippen LogP contribution in [-0.4, -0.2) is 34.5 Å². The fourth-order valence-electron chi connectivity index (χ4n) is 2.94. The molecule has 2 amide bonds. The molecule has 6 nitrogen and oxygen atoms in total. The van der Waals surface area contributed by atoms with Gasteiger partial charge in [-0.15, -0.1) is 0 Å². The van der Waals surface area contributed by atoms with Gasteiger partial charge in [0.2, 0.25) is 5.91 Å². The fraction of sp³-hybridized carbons (Fsp3) is 0.353. The molecule has 0 aliphatic carbocycles. The zero-order valence-electron chi connectivity index (χ0n) is 13.5. The van der Waals surface area contributed by atoms with Crippen LogP contribution >= 0.6 is 0 Å². The molecule has 1 unspecified atom stereocenters. The van der Waals surface area contributed by atoms with Gasteiger partial charge in [-0.3, -0.25) is 9.59 Å². The summed E-state index contributed by atoms with van der Waals surface area (Å²) in [5.41, 5.74) is 1.65. The molecule has 1 saturated heterocycles. The molecule has 0 spiro atoms. The van der Waals surface area contributed by atoms with E-state index in [4.69, 9.17) is 4.52 Å². The number of nitrogens with zero attached hydrogens (tertiary/aromatic N) is 2. The van der Waals surface area contributed by atoms with Crippen LogP contribution in [0.4, 0.5) is 4.39 Å². The van der Waals surface area contributed by atoms with Crippen LogP contribution in [0.2, 0.25) is 0 Å². The predicted molar refractivity (Wildman–Crippen MR) is 83.7 cm³/mol. The standard InChI is InChI=1S/C17H18FN3O3/c1-10-16(11(2)24-20-10)17(23)19-14-7-15(22)21(9-14)8-12-4-3-5-13(18)6-12/h3-6,14H,7-9H2,1-2H3,(H,19,23). The summed E-state index contributed by atoms with van der Waals surface area (Å²) < 4.78 is 18.2. The molecule has 126 valence electrons. The third-order valence-corrected chi connectivity index (χ3v) is 4.07. The van der Waals surface area contributed by atoms with Crippen molar-refractivity contribution in [3.05, 3.63) is 52.7 Å². The summed E-state index contributed by atoms with van der Waals surface area (Å²) >= 11 is 0. The highest BCUT2D eigenvalue weighted by molar-refractivity contribution is 5.96. The van der Waals surface area contributed by atoms with Gasteiger partial charge in [-0.25, -0.2) is 4.39 Å². The van der Waals surface area contributed by atoms with E-state index in [1.54, 1.807) is 30.9 Å². The Bertz CT molecular complexity index is 768. The van der Waals surface area contributed by atoms with Crippen molar-refractivity contribution in [3.8, 4) is 0 Å². The van der Waals surface area contributed by atoms with E-state index >= 15 is 0 Å². The number of carbonyl (C=O) groups is 2. The van der Waals surface area contributed by atoms with Crippen LogP contribution < -0.4 is 5.32 Å². The highest BCUT2D eigenvalue weighted by atomic mass is 19.1. The Morgan fingerprint density at radius 1 is 1.46 bits per heavy atom. The Morgan fingerprint density at radius 3 is 2.92 bits per heavy atom. The van der Waals surface area contributed by atoms with Gasteiger partial charge >= 0.3 is 0 Å². The van der Waals surface area contributed by atoms with Gasteiger partial charge in [0.25, 0.3) is 5.91 Å². The van der Waals surface area contributed by atoms with Gasteiger partial charge in [-0.2, -0.15) is 0 Å². The van der Waals surface area contributed by atoms with Gasteiger partial charge < -0.3 is 14.7 Å². The first-order valence-electron chi connectivity index (χ1n) is 7.70. The van der Waals surface area contributed by atoms with E-state index in [0.29, 0.717) is 30.1 Å². The van der Waals surface area contributed by atoms with Crippen LogP contribution in [0.3, 0.4) is 0 Å². The van der Waals surface area contributed by atoms with Crippen LogP contribution in [0.5, 0.6) is 0 Å². The Morgan fingerprint density at radius 2 is 2.25 bits per heavy atom. The van der Waals surface area contributed by atoms with Gasteiger partial charge in [0.15, 0.2) is 0 Å². The number of carbonyl (C=O) groups excluding carboxylic acids is 2. The molecule has 0 radical (unpaired) electrons. The average molecular weight is 331 g/mol. The molecule has 1 aromatic heterocycles. The SMILES string of the molecule is Cc1noc(C)c1C(=O)NC1CC(=O)N(Cc2cccc(F)c2)C1. The zero-order valence-corrected chi connectivity index (χ0v) is 13.5. The molecule has 1 aromatic carbocycles. The lowest BCUT2D eigenvalue weighted by atomic mass is 10.1. The summed E-state index contributed by atoms with van der Waals surface area (Å²) in [4.78, 5) is 26.1. The minimum absolute atomic E-state index is 0.0664. The van der Waals surface area contributed by atoms with E-state index in [2.05, 4.69) is 10.5 Å². The predicted octanol–water partition coefficient (Wildman–Crippen LogP) is 1.96. The Labute approximate surface area is 138 Å². The Balaban J connectivity index is 1.63. The number of amides is 2. The van der Waals surface area contributed by atoms with Gasteiger partial charge in [0, 0.05) is 19.5 Å². The highest BCUT2D eigenvalue weighted by Gasteiger charge is 2.31. The van der Waals surface area contributed by atoms with Crippen molar-refractivity contribution >= 4 is 11.8 Å². The molecule has 3 rings (SSSR count). The maximum Gasteiger partial charge on any atom is 0.257 e. The number of aromatic nitrogens is 1. The maximum absolute atomic E-state index is 13.2. The van der Waals surface area contributed by atoms with Gasteiger partial charge in [-0.05, 0) is 31.5 Å². The number of hydrogen-bond donors (Lipinski definition) is 1. The number of likely N-dealkylation sites (tertiary alicyclic amines) is 1. The van der Waals surface area contributed by atoms with Crippen molar-refractivity contribution in [2.45, 2.75) is 32.9 Å². The van der Waals surface area contributed by atoms with E-state index in [1.165, 1.54) is 12.1 Å². The first-order valence-corrected chi connectivity index (χ1v) is 7.70. The van der Waals surface area contributed by atoms with E-state index in [9.17, 15) is 14.0 Å². The van der Waals surface area contributed by atoms with Crippen LogP contribution in [0.25, 0.3) is 0 Å². The van der Waals surface area contributed by atoms with Crippen LogP contribution in [0.1, 0.15) is 33.8 Å². The molecule has 1 aliphatic heterocycles. The van der Waals surface area contributed by atoms with Gasteiger partial charge in [0.05, 0.1) is 11.7 Å². The summed E-state index contributed by atoms with van der Waals surface area (Å²) in [6.45, 7) is 4.09. The lowest BCUT2D eigenvalue weighted by molar-refractivity contribution is -0.128. The van der Waals surface area contributed by atoms with E-state index in [-0.39, 0.29) is 30.1 Å². The normalized spacial score (nSPS) is 17.4. The molecule has 0 saturated carbocycles. The number of benzene rings is 1. The van der Waals surface area contributed by atoms with Crippen LogP contribution in [0, 0.1) is 19.7 Å².